The molecule has 0 saturated carbocycles. The Morgan fingerprint density at radius 3 is 2.81 bits per heavy atom. The van der Waals surface area contributed by atoms with Crippen LogP contribution in [0.25, 0.3) is 0 Å². The average Bonchev–Trinajstić information content (AvgIpc) is 2.46. The lowest BCUT2D eigenvalue weighted by molar-refractivity contribution is -0.0750. The number of morpholine rings is 1. The molecule has 21 heavy (non-hydrogen) atoms. The zero-order valence-corrected chi connectivity index (χ0v) is 12.5. The van der Waals surface area contributed by atoms with Gasteiger partial charge in [0, 0.05) is 25.2 Å². The molecule has 1 aromatic rings. The Kier molecular flexibility index (Phi) is 4.95. The Labute approximate surface area is 123 Å². The molecule has 1 fully saturated rings. The van der Waals surface area contributed by atoms with Crippen LogP contribution in [0.4, 0.5) is 4.39 Å². The van der Waals surface area contributed by atoms with Crippen molar-refractivity contribution >= 4 is 10.0 Å². The van der Waals surface area contributed by atoms with E-state index in [1.165, 1.54) is 22.5 Å². The zero-order chi connectivity index (χ0) is 15.6. The number of aliphatic hydroxyl groups excluding tert-OH is 1. The number of nitrogens with zero attached hydrogens (tertiary/aromatic N) is 1. The first kappa shape index (κ1) is 16.3. The van der Waals surface area contributed by atoms with E-state index in [4.69, 9.17) is 10.5 Å². The molecule has 1 aromatic carbocycles. The van der Waals surface area contributed by atoms with Gasteiger partial charge in [0.05, 0.1) is 23.7 Å². The summed E-state index contributed by atoms with van der Waals surface area (Å²) in [6.07, 6.45) is -0.932. The van der Waals surface area contributed by atoms with E-state index in [0.717, 1.165) is 0 Å². The first-order chi connectivity index (χ1) is 9.90. The third kappa shape index (κ3) is 3.24. The molecule has 0 amide bonds. The summed E-state index contributed by atoms with van der Waals surface area (Å²) in [5.74, 6) is -0.640. The number of nitrogens with two attached hydrogens (primary N) is 1. The van der Waals surface area contributed by atoms with Gasteiger partial charge in [-0.05, 0) is 19.1 Å². The number of benzene rings is 1. The molecule has 8 heteroatoms. The van der Waals surface area contributed by atoms with Crippen LogP contribution in [0.1, 0.15) is 12.5 Å². The first-order valence-corrected chi connectivity index (χ1v) is 8.08. The fourth-order valence-corrected chi connectivity index (χ4v) is 4.21. The van der Waals surface area contributed by atoms with Gasteiger partial charge in [-0.15, -0.1) is 0 Å². The lowest BCUT2D eigenvalue weighted by atomic mass is 10.2. The number of sulfonamides is 1. The molecule has 0 aromatic heterocycles. The highest BCUT2D eigenvalue weighted by molar-refractivity contribution is 7.89. The van der Waals surface area contributed by atoms with Gasteiger partial charge < -0.3 is 15.6 Å². The van der Waals surface area contributed by atoms with E-state index >= 15 is 0 Å². The molecule has 6 nitrogen and oxygen atoms in total. The lowest BCUT2D eigenvalue weighted by Gasteiger charge is -2.35. The van der Waals surface area contributed by atoms with Gasteiger partial charge in [-0.2, -0.15) is 4.31 Å². The van der Waals surface area contributed by atoms with E-state index in [0.29, 0.717) is 0 Å². The average molecular weight is 318 g/mol. The highest BCUT2D eigenvalue weighted by Crippen LogP contribution is 2.25. The van der Waals surface area contributed by atoms with Gasteiger partial charge in [0.1, 0.15) is 5.82 Å². The van der Waals surface area contributed by atoms with Crippen LogP contribution in [0.5, 0.6) is 0 Å². The predicted octanol–water partition coefficient (Wildman–Crippen LogP) is 0.0547. The SMILES string of the molecule is CC1CN(S(=O)(=O)c2cccc(F)c2CN)CC(CO)O1. The van der Waals surface area contributed by atoms with Gasteiger partial charge in [0.2, 0.25) is 10.0 Å². The van der Waals surface area contributed by atoms with Crippen molar-refractivity contribution in [3.63, 3.8) is 0 Å². The van der Waals surface area contributed by atoms with Crippen molar-refractivity contribution in [2.45, 2.75) is 30.6 Å². The van der Waals surface area contributed by atoms with Crippen molar-refractivity contribution in [2.75, 3.05) is 19.7 Å². The van der Waals surface area contributed by atoms with Crippen molar-refractivity contribution < 1.29 is 22.7 Å². The van der Waals surface area contributed by atoms with E-state index in [1.54, 1.807) is 6.92 Å². The molecule has 1 saturated heterocycles. The van der Waals surface area contributed by atoms with Crippen LogP contribution in [0.2, 0.25) is 0 Å². The Morgan fingerprint density at radius 2 is 2.19 bits per heavy atom. The smallest absolute Gasteiger partial charge is 0.243 e. The molecule has 0 bridgehead atoms. The molecule has 1 aliphatic rings. The molecule has 2 rings (SSSR count). The number of ether oxygens (including phenoxy) is 1. The zero-order valence-electron chi connectivity index (χ0n) is 11.7. The van der Waals surface area contributed by atoms with E-state index < -0.39 is 21.9 Å². The fourth-order valence-electron chi connectivity index (χ4n) is 2.42. The highest BCUT2D eigenvalue weighted by Gasteiger charge is 2.35. The lowest BCUT2D eigenvalue weighted by Crippen LogP contribution is -2.50. The van der Waals surface area contributed by atoms with Gasteiger partial charge in [-0.25, -0.2) is 12.8 Å². The van der Waals surface area contributed by atoms with Crippen molar-refractivity contribution in [1.82, 2.24) is 4.31 Å². The second kappa shape index (κ2) is 6.37. The number of halogens is 1. The van der Waals surface area contributed by atoms with Gasteiger partial charge in [-0.1, -0.05) is 6.07 Å². The second-order valence-corrected chi connectivity index (χ2v) is 6.90. The molecule has 2 atom stereocenters. The first-order valence-electron chi connectivity index (χ1n) is 6.64. The maximum absolute atomic E-state index is 13.7. The van der Waals surface area contributed by atoms with Gasteiger partial charge in [0.25, 0.3) is 0 Å². The Bertz CT molecular complexity index is 608. The second-order valence-electron chi connectivity index (χ2n) is 4.99. The van der Waals surface area contributed by atoms with Crippen LogP contribution in [0, 0.1) is 5.82 Å². The standard InChI is InChI=1S/C13H19FN2O4S/c1-9-6-16(7-10(8-17)20-9)21(18,19)13-4-2-3-12(14)11(13)5-15/h2-4,9-10,17H,5-8,15H2,1H3. The highest BCUT2D eigenvalue weighted by atomic mass is 32.2. The van der Waals surface area contributed by atoms with Crippen molar-refractivity contribution in [3.8, 4) is 0 Å². The van der Waals surface area contributed by atoms with Gasteiger partial charge in [-0.3, -0.25) is 0 Å². The van der Waals surface area contributed by atoms with Crippen molar-refractivity contribution in [3.05, 3.63) is 29.6 Å². The van der Waals surface area contributed by atoms with E-state index in [2.05, 4.69) is 0 Å². The summed E-state index contributed by atoms with van der Waals surface area (Å²) in [7, 11) is -3.88. The molecule has 0 radical (unpaired) electrons. The summed E-state index contributed by atoms with van der Waals surface area (Å²) in [5, 5.41) is 9.18. The molecule has 0 aliphatic carbocycles. The topological polar surface area (TPSA) is 92.9 Å². The largest absolute Gasteiger partial charge is 0.394 e. The summed E-state index contributed by atoms with van der Waals surface area (Å²) in [5.41, 5.74) is 5.44. The maximum atomic E-state index is 13.7. The minimum Gasteiger partial charge on any atom is -0.394 e. The monoisotopic (exact) mass is 318 g/mol. The summed E-state index contributed by atoms with van der Waals surface area (Å²) >= 11 is 0. The molecule has 1 heterocycles. The van der Waals surface area contributed by atoms with E-state index in [-0.39, 0.29) is 42.8 Å². The molecule has 118 valence electrons. The van der Waals surface area contributed by atoms with Gasteiger partial charge in [0.15, 0.2) is 0 Å². The summed E-state index contributed by atoms with van der Waals surface area (Å²) in [4.78, 5) is -0.129. The van der Waals surface area contributed by atoms with Crippen LogP contribution in [0.3, 0.4) is 0 Å². The van der Waals surface area contributed by atoms with Crippen LogP contribution in [-0.4, -0.2) is 49.7 Å². The molecular formula is C13H19FN2O4S. The van der Waals surface area contributed by atoms with Gasteiger partial charge >= 0.3 is 0 Å². The third-order valence-corrected chi connectivity index (χ3v) is 5.31. The Balaban J connectivity index is 2.40. The minimum absolute atomic E-state index is 0.0304. The normalized spacial score (nSPS) is 24.2. The summed E-state index contributed by atoms with van der Waals surface area (Å²) in [6.45, 7) is 1.43. The Morgan fingerprint density at radius 1 is 1.48 bits per heavy atom. The maximum Gasteiger partial charge on any atom is 0.243 e. The van der Waals surface area contributed by atoms with Crippen LogP contribution < -0.4 is 5.73 Å². The number of rotatable bonds is 4. The molecule has 2 unspecified atom stereocenters. The Hall–Kier alpha value is -1.06. The number of hydrogen-bond donors (Lipinski definition) is 2. The quantitative estimate of drug-likeness (QED) is 0.818. The van der Waals surface area contributed by atoms with Crippen molar-refractivity contribution in [1.29, 1.82) is 0 Å². The molecule has 1 aliphatic heterocycles. The van der Waals surface area contributed by atoms with E-state index in [9.17, 15) is 17.9 Å². The minimum atomic E-state index is -3.88. The summed E-state index contributed by atoms with van der Waals surface area (Å²) in [6, 6.07) is 3.86. The number of aliphatic hydroxyl groups is 1. The van der Waals surface area contributed by atoms with Crippen molar-refractivity contribution in [2.24, 2.45) is 5.73 Å². The number of hydrogen-bond acceptors (Lipinski definition) is 5. The molecule has 3 N–H and O–H groups in total. The fraction of sp³-hybridized carbons (Fsp3) is 0.538. The van der Waals surface area contributed by atoms with Crippen LogP contribution in [-0.2, 0) is 21.3 Å². The predicted molar refractivity (Wildman–Crippen MR) is 74.5 cm³/mol. The third-order valence-electron chi connectivity index (χ3n) is 3.39. The van der Waals surface area contributed by atoms with Crippen LogP contribution >= 0.6 is 0 Å². The van der Waals surface area contributed by atoms with Crippen LogP contribution in [0.15, 0.2) is 23.1 Å². The molecular weight excluding hydrogens is 299 g/mol. The molecule has 0 spiro atoms. The summed E-state index contributed by atoms with van der Waals surface area (Å²) < 4.78 is 45.8. The van der Waals surface area contributed by atoms with E-state index in [1.807, 2.05) is 0 Å².